The Hall–Kier alpha value is -3.44. The van der Waals surface area contributed by atoms with E-state index in [2.05, 4.69) is 17.2 Å². The Bertz CT molecular complexity index is 1110. The van der Waals surface area contributed by atoms with Crippen molar-refractivity contribution in [2.75, 3.05) is 5.32 Å². The number of aromatic nitrogens is 1. The number of carbonyl (C=O) groups is 2. The first-order valence-electron chi connectivity index (χ1n) is 9.68. The van der Waals surface area contributed by atoms with Crippen LogP contribution in [0.5, 0.6) is 0 Å². The van der Waals surface area contributed by atoms with Crippen LogP contribution in [0, 0.1) is 0 Å². The van der Waals surface area contributed by atoms with E-state index in [1.165, 1.54) is 10.5 Å². The highest BCUT2D eigenvalue weighted by molar-refractivity contribution is 6.36. The molecule has 2 aromatic carbocycles. The van der Waals surface area contributed by atoms with Gasteiger partial charge in [-0.3, -0.25) is 19.5 Å². The Morgan fingerprint density at radius 3 is 2.17 bits per heavy atom. The number of anilines is 1. The van der Waals surface area contributed by atoms with Crippen molar-refractivity contribution >= 4 is 34.7 Å². The third-order valence-corrected chi connectivity index (χ3v) is 5.27. The lowest BCUT2D eigenvalue weighted by molar-refractivity contribution is -0.137. The summed E-state index contributed by atoms with van der Waals surface area (Å²) in [5, 5.41) is 3.74. The number of nitrogens with one attached hydrogen (secondary N) is 1. The van der Waals surface area contributed by atoms with Crippen molar-refractivity contribution in [3.63, 3.8) is 0 Å². The summed E-state index contributed by atoms with van der Waals surface area (Å²) in [5.41, 5.74) is 4.02. The summed E-state index contributed by atoms with van der Waals surface area (Å²) in [6.45, 7) is 2.26. The lowest BCUT2D eigenvalue weighted by Gasteiger charge is -2.15. The minimum absolute atomic E-state index is 0.178. The van der Waals surface area contributed by atoms with Crippen molar-refractivity contribution in [3.8, 4) is 0 Å². The first-order chi connectivity index (χ1) is 14.6. The Labute approximate surface area is 180 Å². The molecule has 0 saturated carbocycles. The number of amides is 2. The second kappa shape index (κ2) is 8.51. The molecule has 0 saturated heterocycles. The van der Waals surface area contributed by atoms with Crippen LogP contribution >= 0.6 is 11.6 Å². The third kappa shape index (κ3) is 3.98. The largest absolute Gasteiger partial charge is 0.350 e. The van der Waals surface area contributed by atoms with Crippen molar-refractivity contribution < 1.29 is 9.59 Å². The second-order valence-electron chi connectivity index (χ2n) is 6.98. The van der Waals surface area contributed by atoms with E-state index in [4.69, 9.17) is 11.6 Å². The molecule has 3 aromatic rings. The molecule has 6 heteroatoms. The second-order valence-corrected chi connectivity index (χ2v) is 7.42. The maximum Gasteiger partial charge on any atom is 0.278 e. The summed E-state index contributed by atoms with van der Waals surface area (Å²) in [6, 6.07) is 18.3. The predicted octanol–water partition coefficient (Wildman–Crippen LogP) is 4.69. The molecule has 0 bridgehead atoms. The first kappa shape index (κ1) is 19.9. The summed E-state index contributed by atoms with van der Waals surface area (Å²) >= 11 is 6.01. The van der Waals surface area contributed by atoms with Crippen molar-refractivity contribution in [1.29, 1.82) is 0 Å². The number of pyridine rings is 1. The standard InChI is InChI=1S/C24H20ClN3O2/c1-2-16-3-9-20(10-4-16)27-22-21(18-5-7-19(25)8-6-18)23(29)28(24(22)30)15-17-11-13-26-14-12-17/h3-14,27H,2,15H2,1H3. The summed E-state index contributed by atoms with van der Waals surface area (Å²) in [6.07, 6.45) is 4.21. The highest BCUT2D eigenvalue weighted by Crippen LogP contribution is 2.32. The van der Waals surface area contributed by atoms with Crippen LogP contribution in [0.3, 0.4) is 0 Å². The van der Waals surface area contributed by atoms with Gasteiger partial charge in [0.05, 0.1) is 12.1 Å². The molecular weight excluding hydrogens is 398 g/mol. The van der Waals surface area contributed by atoms with Gasteiger partial charge in [-0.2, -0.15) is 0 Å². The molecule has 2 amide bonds. The number of imide groups is 1. The van der Waals surface area contributed by atoms with Crippen molar-refractivity contribution in [1.82, 2.24) is 9.88 Å². The van der Waals surface area contributed by atoms with Crippen LogP contribution in [0.15, 0.2) is 78.8 Å². The van der Waals surface area contributed by atoms with E-state index in [-0.39, 0.29) is 24.1 Å². The van der Waals surface area contributed by atoms with Gasteiger partial charge in [0.15, 0.2) is 0 Å². The van der Waals surface area contributed by atoms with Crippen LogP contribution < -0.4 is 5.32 Å². The van der Waals surface area contributed by atoms with Crippen LogP contribution in [0.25, 0.3) is 5.57 Å². The van der Waals surface area contributed by atoms with Gasteiger partial charge in [-0.15, -0.1) is 0 Å². The van der Waals surface area contributed by atoms with E-state index >= 15 is 0 Å². The van der Waals surface area contributed by atoms with Crippen LogP contribution in [0.1, 0.15) is 23.6 Å². The van der Waals surface area contributed by atoms with Crippen molar-refractivity contribution in [3.05, 3.63) is 100 Å². The number of benzene rings is 2. The minimum Gasteiger partial charge on any atom is -0.350 e. The molecule has 1 aliphatic heterocycles. The lowest BCUT2D eigenvalue weighted by atomic mass is 10.0. The van der Waals surface area contributed by atoms with Gasteiger partial charge in [-0.1, -0.05) is 42.8 Å². The number of rotatable bonds is 6. The molecule has 0 radical (unpaired) electrons. The SMILES string of the molecule is CCc1ccc(NC2=C(c3ccc(Cl)cc3)C(=O)N(Cc3ccncc3)C2=O)cc1. The van der Waals surface area contributed by atoms with Gasteiger partial charge in [0.1, 0.15) is 5.70 Å². The van der Waals surface area contributed by atoms with E-state index in [1.807, 2.05) is 24.3 Å². The van der Waals surface area contributed by atoms with Gasteiger partial charge < -0.3 is 5.32 Å². The average Bonchev–Trinajstić information content (AvgIpc) is 3.00. The highest BCUT2D eigenvalue weighted by atomic mass is 35.5. The first-order valence-corrected chi connectivity index (χ1v) is 10.1. The van der Waals surface area contributed by atoms with Gasteiger partial charge in [-0.25, -0.2) is 0 Å². The fraction of sp³-hybridized carbons (Fsp3) is 0.125. The van der Waals surface area contributed by atoms with Crippen LogP contribution in [-0.2, 0) is 22.6 Å². The molecule has 1 aromatic heterocycles. The molecule has 150 valence electrons. The zero-order chi connectivity index (χ0) is 21.1. The van der Waals surface area contributed by atoms with E-state index in [0.29, 0.717) is 16.2 Å². The van der Waals surface area contributed by atoms with Crippen LogP contribution in [0.2, 0.25) is 5.02 Å². The number of hydrogen-bond acceptors (Lipinski definition) is 4. The molecule has 0 aliphatic carbocycles. The number of nitrogens with zero attached hydrogens (tertiary/aromatic N) is 2. The molecule has 30 heavy (non-hydrogen) atoms. The topological polar surface area (TPSA) is 62.3 Å². The molecule has 1 aliphatic rings. The molecule has 2 heterocycles. The molecular formula is C24H20ClN3O2. The Kier molecular flexibility index (Phi) is 5.63. The summed E-state index contributed by atoms with van der Waals surface area (Å²) in [4.78, 5) is 31.7. The minimum atomic E-state index is -0.360. The molecule has 0 fully saturated rings. The van der Waals surface area contributed by atoms with Crippen LogP contribution in [0.4, 0.5) is 5.69 Å². The predicted molar refractivity (Wildman–Crippen MR) is 118 cm³/mol. The summed E-state index contributed by atoms with van der Waals surface area (Å²) < 4.78 is 0. The fourth-order valence-electron chi connectivity index (χ4n) is 3.36. The van der Waals surface area contributed by atoms with E-state index in [1.54, 1.807) is 48.8 Å². The molecule has 5 nitrogen and oxygen atoms in total. The van der Waals surface area contributed by atoms with Gasteiger partial charge in [0.2, 0.25) is 0 Å². The summed E-state index contributed by atoms with van der Waals surface area (Å²) in [7, 11) is 0. The fourth-order valence-corrected chi connectivity index (χ4v) is 3.48. The van der Waals surface area contributed by atoms with Gasteiger partial charge in [0.25, 0.3) is 11.8 Å². The Balaban J connectivity index is 1.72. The molecule has 4 rings (SSSR count). The molecule has 0 spiro atoms. The monoisotopic (exact) mass is 417 g/mol. The van der Waals surface area contributed by atoms with E-state index in [9.17, 15) is 9.59 Å². The highest BCUT2D eigenvalue weighted by Gasteiger charge is 2.39. The Morgan fingerprint density at radius 2 is 1.53 bits per heavy atom. The van der Waals surface area contributed by atoms with Gasteiger partial charge in [0, 0.05) is 23.1 Å². The maximum absolute atomic E-state index is 13.3. The van der Waals surface area contributed by atoms with Crippen molar-refractivity contribution in [2.45, 2.75) is 19.9 Å². The number of hydrogen-bond donors (Lipinski definition) is 1. The quantitative estimate of drug-likeness (QED) is 0.591. The molecule has 0 atom stereocenters. The van der Waals surface area contributed by atoms with Crippen molar-refractivity contribution in [2.24, 2.45) is 0 Å². The normalized spacial score (nSPS) is 13.9. The zero-order valence-corrected chi connectivity index (χ0v) is 17.2. The third-order valence-electron chi connectivity index (χ3n) is 5.02. The number of carbonyl (C=O) groups excluding carboxylic acids is 2. The molecule has 1 N–H and O–H groups in total. The van der Waals surface area contributed by atoms with E-state index in [0.717, 1.165) is 17.7 Å². The van der Waals surface area contributed by atoms with Crippen LogP contribution in [-0.4, -0.2) is 21.7 Å². The Morgan fingerprint density at radius 1 is 0.867 bits per heavy atom. The molecule has 0 unspecified atom stereocenters. The van der Waals surface area contributed by atoms with Gasteiger partial charge >= 0.3 is 0 Å². The zero-order valence-electron chi connectivity index (χ0n) is 16.4. The smallest absolute Gasteiger partial charge is 0.278 e. The average molecular weight is 418 g/mol. The summed E-state index contributed by atoms with van der Waals surface area (Å²) in [5.74, 6) is -0.701. The lowest BCUT2D eigenvalue weighted by Crippen LogP contribution is -2.32. The maximum atomic E-state index is 13.3. The number of halogens is 1. The number of aryl methyl sites for hydroxylation is 1. The van der Waals surface area contributed by atoms with Gasteiger partial charge in [-0.05, 0) is 59.5 Å². The van der Waals surface area contributed by atoms with E-state index < -0.39 is 0 Å².